The first-order chi connectivity index (χ1) is 9.31. The summed E-state index contributed by atoms with van der Waals surface area (Å²) >= 11 is 0. The van der Waals surface area contributed by atoms with Gasteiger partial charge in [0.05, 0.1) is 6.04 Å². The van der Waals surface area contributed by atoms with Crippen LogP contribution in [0.15, 0.2) is 18.2 Å². The van der Waals surface area contributed by atoms with Crippen LogP contribution in [0.2, 0.25) is 0 Å². The van der Waals surface area contributed by atoms with Crippen molar-refractivity contribution in [2.24, 2.45) is 5.92 Å². The predicted molar refractivity (Wildman–Crippen MR) is 72.4 cm³/mol. The zero-order chi connectivity index (χ0) is 12.8. The number of phenols is 1. The van der Waals surface area contributed by atoms with Crippen LogP contribution in [0.3, 0.4) is 0 Å². The Balaban J connectivity index is 1.56. The van der Waals surface area contributed by atoms with Gasteiger partial charge in [0.25, 0.3) is 0 Å². The quantitative estimate of drug-likeness (QED) is 0.803. The molecule has 3 atom stereocenters. The minimum atomic E-state index is 0.288. The summed E-state index contributed by atoms with van der Waals surface area (Å²) in [7, 11) is 0. The SMILES string of the molecule is Oc1ccc2c(c1)OCC2N1C[C@@H]2CCCN[C@@H]2C1. The topological polar surface area (TPSA) is 44.7 Å². The molecule has 1 unspecified atom stereocenters. The molecule has 0 saturated carbocycles. The summed E-state index contributed by atoms with van der Waals surface area (Å²) in [6, 6.07) is 6.54. The van der Waals surface area contributed by atoms with E-state index >= 15 is 0 Å². The maximum Gasteiger partial charge on any atom is 0.127 e. The summed E-state index contributed by atoms with van der Waals surface area (Å²) in [5.74, 6) is 1.94. The van der Waals surface area contributed by atoms with Crippen molar-refractivity contribution >= 4 is 0 Å². The molecule has 2 fully saturated rings. The third-order valence-electron chi connectivity index (χ3n) is 4.82. The Kier molecular flexibility index (Phi) is 2.67. The highest BCUT2D eigenvalue weighted by Crippen LogP contribution is 2.40. The van der Waals surface area contributed by atoms with Gasteiger partial charge in [0.2, 0.25) is 0 Å². The molecular weight excluding hydrogens is 240 g/mol. The van der Waals surface area contributed by atoms with Gasteiger partial charge in [-0.05, 0) is 37.4 Å². The van der Waals surface area contributed by atoms with Crippen molar-refractivity contribution < 1.29 is 9.84 Å². The number of piperidine rings is 1. The van der Waals surface area contributed by atoms with Gasteiger partial charge in [0.1, 0.15) is 18.1 Å². The first kappa shape index (κ1) is 11.6. The summed E-state index contributed by atoms with van der Waals surface area (Å²) in [6.07, 6.45) is 2.66. The second-order valence-corrected chi connectivity index (χ2v) is 5.97. The van der Waals surface area contributed by atoms with Gasteiger partial charge >= 0.3 is 0 Å². The monoisotopic (exact) mass is 260 g/mol. The molecule has 0 bridgehead atoms. The van der Waals surface area contributed by atoms with E-state index in [1.165, 1.54) is 31.5 Å². The van der Waals surface area contributed by atoms with Crippen LogP contribution in [0, 0.1) is 5.92 Å². The number of ether oxygens (including phenoxy) is 1. The highest BCUT2D eigenvalue weighted by molar-refractivity contribution is 5.44. The van der Waals surface area contributed by atoms with E-state index in [0.29, 0.717) is 12.1 Å². The Bertz CT molecular complexity index is 477. The van der Waals surface area contributed by atoms with E-state index in [9.17, 15) is 5.11 Å². The van der Waals surface area contributed by atoms with Crippen molar-refractivity contribution in [3.8, 4) is 11.5 Å². The second kappa shape index (κ2) is 4.39. The van der Waals surface area contributed by atoms with Gasteiger partial charge in [-0.1, -0.05) is 0 Å². The lowest BCUT2D eigenvalue weighted by atomic mass is 9.94. The van der Waals surface area contributed by atoms with E-state index in [1.807, 2.05) is 6.07 Å². The molecule has 1 aromatic rings. The van der Waals surface area contributed by atoms with Gasteiger partial charge in [-0.2, -0.15) is 0 Å². The first-order valence-corrected chi connectivity index (χ1v) is 7.24. The number of nitrogens with one attached hydrogen (secondary N) is 1. The first-order valence-electron chi connectivity index (χ1n) is 7.24. The van der Waals surface area contributed by atoms with Crippen LogP contribution in [0.1, 0.15) is 24.4 Å². The fraction of sp³-hybridized carbons (Fsp3) is 0.600. The zero-order valence-corrected chi connectivity index (χ0v) is 11.0. The Hall–Kier alpha value is -1.26. The van der Waals surface area contributed by atoms with E-state index in [0.717, 1.165) is 24.8 Å². The molecule has 0 spiro atoms. The molecule has 0 aromatic heterocycles. The van der Waals surface area contributed by atoms with Crippen LogP contribution in [0.5, 0.6) is 11.5 Å². The zero-order valence-electron chi connectivity index (χ0n) is 11.0. The van der Waals surface area contributed by atoms with Crippen molar-refractivity contribution in [2.45, 2.75) is 24.9 Å². The molecule has 4 rings (SSSR count). The predicted octanol–water partition coefficient (Wildman–Crippen LogP) is 1.51. The third kappa shape index (κ3) is 1.90. The molecule has 0 aliphatic carbocycles. The van der Waals surface area contributed by atoms with Crippen molar-refractivity contribution in [1.29, 1.82) is 0 Å². The number of hydrogen-bond acceptors (Lipinski definition) is 4. The van der Waals surface area contributed by atoms with Crippen LogP contribution in [0.4, 0.5) is 0 Å². The number of rotatable bonds is 1. The van der Waals surface area contributed by atoms with Gasteiger partial charge in [-0.25, -0.2) is 0 Å². The minimum Gasteiger partial charge on any atom is -0.508 e. The molecular formula is C15H20N2O2. The molecule has 4 heteroatoms. The molecule has 4 nitrogen and oxygen atoms in total. The molecule has 2 saturated heterocycles. The van der Waals surface area contributed by atoms with Crippen LogP contribution in [-0.4, -0.2) is 42.3 Å². The lowest BCUT2D eigenvalue weighted by Gasteiger charge is -2.24. The summed E-state index contributed by atoms with van der Waals surface area (Å²) in [5, 5.41) is 13.2. The number of phenolic OH excluding ortho intramolecular Hbond substituents is 1. The second-order valence-electron chi connectivity index (χ2n) is 5.97. The number of benzene rings is 1. The molecule has 2 N–H and O–H groups in total. The Labute approximate surface area is 113 Å². The number of fused-ring (bicyclic) bond motifs is 2. The molecule has 1 aromatic carbocycles. The van der Waals surface area contributed by atoms with Crippen LogP contribution in [0.25, 0.3) is 0 Å². The average Bonchev–Trinajstić information content (AvgIpc) is 3.00. The van der Waals surface area contributed by atoms with Crippen LogP contribution in [-0.2, 0) is 0 Å². The van der Waals surface area contributed by atoms with E-state index in [4.69, 9.17) is 4.74 Å². The maximum absolute atomic E-state index is 9.51. The average molecular weight is 260 g/mol. The largest absolute Gasteiger partial charge is 0.508 e. The number of likely N-dealkylation sites (tertiary alicyclic amines) is 1. The molecule has 3 heterocycles. The third-order valence-corrected chi connectivity index (χ3v) is 4.82. The summed E-state index contributed by atoms with van der Waals surface area (Å²) in [5.41, 5.74) is 1.23. The normalized spacial score (nSPS) is 33.8. The van der Waals surface area contributed by atoms with Crippen LogP contribution < -0.4 is 10.1 Å². The Morgan fingerprint density at radius 3 is 3.16 bits per heavy atom. The van der Waals surface area contributed by atoms with Crippen molar-refractivity contribution in [2.75, 3.05) is 26.2 Å². The summed E-state index contributed by atoms with van der Waals surface area (Å²) in [4.78, 5) is 2.55. The fourth-order valence-corrected chi connectivity index (χ4v) is 3.82. The lowest BCUT2D eigenvalue weighted by molar-refractivity contribution is 0.188. The van der Waals surface area contributed by atoms with E-state index in [2.05, 4.69) is 10.2 Å². The highest BCUT2D eigenvalue weighted by atomic mass is 16.5. The van der Waals surface area contributed by atoms with E-state index in [-0.39, 0.29) is 5.75 Å². The van der Waals surface area contributed by atoms with Gasteiger partial charge in [-0.15, -0.1) is 0 Å². The highest BCUT2D eigenvalue weighted by Gasteiger charge is 2.40. The van der Waals surface area contributed by atoms with E-state index < -0.39 is 0 Å². The molecule has 3 aliphatic rings. The molecule has 102 valence electrons. The Morgan fingerprint density at radius 2 is 2.26 bits per heavy atom. The van der Waals surface area contributed by atoms with Gasteiger partial charge in [0.15, 0.2) is 0 Å². The molecule has 19 heavy (non-hydrogen) atoms. The van der Waals surface area contributed by atoms with Crippen molar-refractivity contribution in [3.05, 3.63) is 23.8 Å². The smallest absolute Gasteiger partial charge is 0.127 e. The van der Waals surface area contributed by atoms with Crippen LogP contribution >= 0.6 is 0 Å². The standard InChI is InChI=1S/C15H20N2O2/c18-11-3-4-12-14(9-19-15(12)6-11)17-7-10-2-1-5-16-13(10)8-17/h3-4,6,10,13-14,16,18H,1-2,5,7-9H2/t10-,13+,14?/m0/s1. The minimum absolute atomic E-state index is 0.288. The maximum atomic E-state index is 9.51. The fourth-order valence-electron chi connectivity index (χ4n) is 3.82. The van der Waals surface area contributed by atoms with Crippen molar-refractivity contribution in [3.63, 3.8) is 0 Å². The summed E-state index contributed by atoms with van der Waals surface area (Å²) < 4.78 is 5.74. The molecule has 0 amide bonds. The number of aromatic hydroxyl groups is 1. The summed E-state index contributed by atoms with van der Waals surface area (Å²) in [6.45, 7) is 4.18. The van der Waals surface area contributed by atoms with Gasteiger partial charge in [0, 0.05) is 30.8 Å². The number of nitrogens with zero attached hydrogens (tertiary/aromatic N) is 1. The van der Waals surface area contributed by atoms with Gasteiger partial charge < -0.3 is 15.2 Å². The lowest BCUT2D eigenvalue weighted by Crippen LogP contribution is -2.40. The molecule has 3 aliphatic heterocycles. The number of hydrogen-bond donors (Lipinski definition) is 2. The Morgan fingerprint density at radius 1 is 1.32 bits per heavy atom. The molecule has 0 radical (unpaired) electrons. The van der Waals surface area contributed by atoms with E-state index in [1.54, 1.807) is 12.1 Å². The van der Waals surface area contributed by atoms with Crippen molar-refractivity contribution in [1.82, 2.24) is 10.2 Å². The van der Waals surface area contributed by atoms with Gasteiger partial charge in [-0.3, -0.25) is 4.90 Å².